The molecule has 4 aromatic rings. The van der Waals surface area contributed by atoms with Gasteiger partial charge in [-0.1, -0.05) is 38.1 Å². The Bertz CT molecular complexity index is 1420. The first-order valence-electron chi connectivity index (χ1n) is 12.3. The van der Waals surface area contributed by atoms with E-state index < -0.39 is 0 Å². The zero-order chi connectivity index (χ0) is 26.5. The van der Waals surface area contributed by atoms with Gasteiger partial charge in [-0.15, -0.1) is 0 Å². The van der Waals surface area contributed by atoms with E-state index in [9.17, 15) is 9.59 Å². The molecule has 0 saturated heterocycles. The van der Waals surface area contributed by atoms with Crippen LogP contribution in [0.25, 0.3) is 33.3 Å². The van der Waals surface area contributed by atoms with Crippen molar-refractivity contribution in [1.29, 1.82) is 0 Å². The van der Waals surface area contributed by atoms with Crippen LogP contribution < -0.4 is 10.1 Å². The van der Waals surface area contributed by atoms with Gasteiger partial charge in [0.15, 0.2) is 0 Å². The van der Waals surface area contributed by atoms with Crippen LogP contribution in [-0.2, 0) is 4.79 Å². The van der Waals surface area contributed by atoms with Crippen molar-refractivity contribution < 1.29 is 14.3 Å². The van der Waals surface area contributed by atoms with Gasteiger partial charge >= 0.3 is 0 Å². The normalized spacial score (nSPS) is 11.1. The van der Waals surface area contributed by atoms with E-state index in [0.717, 1.165) is 52.1 Å². The summed E-state index contributed by atoms with van der Waals surface area (Å²) in [4.78, 5) is 37.1. The molecule has 0 aliphatic heterocycles. The molecular formula is C29H33N5O3. The van der Waals surface area contributed by atoms with Gasteiger partial charge in [-0.3, -0.25) is 14.5 Å². The monoisotopic (exact) mass is 499 g/mol. The van der Waals surface area contributed by atoms with E-state index in [1.165, 1.54) is 4.90 Å². The number of hydrogen-bond donors (Lipinski definition) is 2. The molecule has 0 bridgehead atoms. The summed E-state index contributed by atoms with van der Waals surface area (Å²) in [6.45, 7) is 5.85. The Morgan fingerprint density at radius 3 is 2.46 bits per heavy atom. The van der Waals surface area contributed by atoms with Crippen molar-refractivity contribution in [2.45, 2.75) is 13.8 Å². The molecule has 2 aromatic heterocycles. The number of carbonyl (C=O) groups is 2. The van der Waals surface area contributed by atoms with Crippen molar-refractivity contribution in [2.75, 3.05) is 46.2 Å². The number of H-pyrrole nitrogens is 1. The van der Waals surface area contributed by atoms with Crippen LogP contribution in [-0.4, -0.2) is 72.4 Å². The highest BCUT2D eigenvalue weighted by molar-refractivity contribution is 6.05. The molecular weight excluding hydrogens is 466 g/mol. The molecule has 0 fully saturated rings. The van der Waals surface area contributed by atoms with Crippen LogP contribution in [0.2, 0.25) is 0 Å². The number of aromatic amines is 1. The minimum Gasteiger partial charge on any atom is -0.496 e. The van der Waals surface area contributed by atoms with Crippen molar-refractivity contribution >= 4 is 28.5 Å². The number of aromatic nitrogens is 2. The number of pyridine rings is 1. The summed E-state index contributed by atoms with van der Waals surface area (Å²) >= 11 is 0. The maximum absolute atomic E-state index is 13.1. The SMILES string of the molecule is CCN(CC)CC(=O)Nc1ccc(-c2cnc3[nH]cc(-c4ccccc4OC)c3c2)cc1C(=O)N(C)C. The van der Waals surface area contributed by atoms with Crippen LogP contribution in [0.1, 0.15) is 24.2 Å². The number of amides is 2. The van der Waals surface area contributed by atoms with Crippen molar-refractivity contribution in [3.05, 3.63) is 66.5 Å². The molecule has 0 saturated carbocycles. The fraction of sp³-hybridized carbons (Fsp3) is 0.276. The number of para-hydroxylation sites is 1. The van der Waals surface area contributed by atoms with Crippen LogP contribution in [0.3, 0.4) is 0 Å². The molecule has 0 radical (unpaired) electrons. The van der Waals surface area contributed by atoms with Crippen LogP contribution in [0, 0.1) is 0 Å². The molecule has 37 heavy (non-hydrogen) atoms. The van der Waals surface area contributed by atoms with E-state index in [1.807, 2.05) is 61.3 Å². The second kappa shape index (κ2) is 11.3. The number of benzene rings is 2. The van der Waals surface area contributed by atoms with E-state index in [4.69, 9.17) is 4.74 Å². The fourth-order valence-corrected chi connectivity index (χ4v) is 4.34. The quantitative estimate of drug-likeness (QED) is 0.342. The van der Waals surface area contributed by atoms with Gasteiger partial charge in [-0.25, -0.2) is 4.98 Å². The van der Waals surface area contributed by atoms with Crippen LogP contribution in [0.4, 0.5) is 5.69 Å². The number of anilines is 1. The average molecular weight is 500 g/mol. The Labute approximate surface area is 217 Å². The van der Waals surface area contributed by atoms with E-state index in [-0.39, 0.29) is 18.4 Å². The second-order valence-corrected chi connectivity index (χ2v) is 8.99. The Morgan fingerprint density at radius 1 is 1.00 bits per heavy atom. The summed E-state index contributed by atoms with van der Waals surface area (Å²) in [7, 11) is 5.05. The number of methoxy groups -OCH3 is 1. The number of rotatable bonds is 9. The number of fused-ring (bicyclic) bond motifs is 1. The van der Waals surface area contributed by atoms with Crippen LogP contribution >= 0.6 is 0 Å². The maximum atomic E-state index is 13.1. The first kappa shape index (κ1) is 25.9. The summed E-state index contributed by atoms with van der Waals surface area (Å²) < 4.78 is 5.57. The van der Waals surface area contributed by atoms with Gasteiger partial charge in [-0.05, 0) is 42.9 Å². The maximum Gasteiger partial charge on any atom is 0.255 e. The Morgan fingerprint density at radius 2 is 1.76 bits per heavy atom. The third-order valence-electron chi connectivity index (χ3n) is 6.45. The lowest BCUT2D eigenvalue weighted by Gasteiger charge is -2.19. The molecule has 4 rings (SSSR count). The van der Waals surface area contributed by atoms with Crippen LogP contribution in [0.5, 0.6) is 5.75 Å². The van der Waals surface area contributed by atoms with E-state index in [1.54, 1.807) is 33.5 Å². The van der Waals surface area contributed by atoms with Gasteiger partial charge in [-0.2, -0.15) is 0 Å². The number of carbonyl (C=O) groups excluding carboxylic acids is 2. The minimum atomic E-state index is -0.189. The average Bonchev–Trinajstić information content (AvgIpc) is 3.34. The number of nitrogens with zero attached hydrogens (tertiary/aromatic N) is 3. The van der Waals surface area contributed by atoms with Crippen molar-refractivity contribution in [3.8, 4) is 28.0 Å². The van der Waals surface area contributed by atoms with Crippen molar-refractivity contribution in [2.24, 2.45) is 0 Å². The molecule has 2 heterocycles. The summed E-state index contributed by atoms with van der Waals surface area (Å²) in [6, 6.07) is 15.4. The van der Waals surface area contributed by atoms with Crippen molar-refractivity contribution in [3.63, 3.8) is 0 Å². The predicted octanol–water partition coefficient (Wildman–Crippen LogP) is 4.89. The molecule has 2 aromatic carbocycles. The molecule has 2 N–H and O–H groups in total. The van der Waals surface area contributed by atoms with Gasteiger partial charge < -0.3 is 19.9 Å². The molecule has 0 aliphatic carbocycles. The Kier molecular flexibility index (Phi) is 7.89. The smallest absolute Gasteiger partial charge is 0.255 e. The lowest BCUT2D eigenvalue weighted by Crippen LogP contribution is -2.33. The lowest BCUT2D eigenvalue weighted by molar-refractivity contribution is -0.117. The predicted molar refractivity (Wildman–Crippen MR) is 148 cm³/mol. The van der Waals surface area contributed by atoms with Gasteiger partial charge in [0.1, 0.15) is 11.4 Å². The molecule has 8 heteroatoms. The van der Waals surface area contributed by atoms with E-state index in [0.29, 0.717) is 11.3 Å². The number of nitrogens with one attached hydrogen (secondary N) is 2. The number of hydrogen-bond acceptors (Lipinski definition) is 5. The first-order valence-corrected chi connectivity index (χ1v) is 12.3. The van der Waals surface area contributed by atoms with Gasteiger partial charge in [0.2, 0.25) is 5.91 Å². The zero-order valence-electron chi connectivity index (χ0n) is 22.0. The first-order chi connectivity index (χ1) is 17.9. The van der Waals surface area contributed by atoms with Gasteiger partial charge in [0.25, 0.3) is 5.91 Å². The molecule has 0 aliphatic rings. The number of ether oxygens (including phenoxy) is 1. The molecule has 0 spiro atoms. The summed E-state index contributed by atoms with van der Waals surface area (Å²) in [5.41, 5.74) is 5.30. The highest BCUT2D eigenvalue weighted by atomic mass is 16.5. The minimum absolute atomic E-state index is 0.152. The molecule has 0 unspecified atom stereocenters. The third kappa shape index (κ3) is 5.49. The highest BCUT2D eigenvalue weighted by Crippen LogP contribution is 2.36. The number of likely N-dealkylation sites (N-methyl/N-ethyl adjacent to an activating group) is 1. The highest BCUT2D eigenvalue weighted by Gasteiger charge is 2.19. The van der Waals surface area contributed by atoms with Crippen LogP contribution in [0.15, 0.2) is 60.9 Å². The Balaban J connectivity index is 1.74. The summed E-state index contributed by atoms with van der Waals surface area (Å²) in [5.74, 6) is 0.434. The fourth-order valence-electron chi connectivity index (χ4n) is 4.34. The standard InChI is InChI=1S/C29H33N5O3/c1-6-34(7-2)18-27(35)32-25-13-12-19(14-23(25)29(36)33(3)4)20-15-22-24(17-31-28(22)30-16-20)21-10-8-9-11-26(21)37-5/h8-17H,6-7,18H2,1-5H3,(H,30,31)(H,32,35). The summed E-state index contributed by atoms with van der Waals surface area (Å²) in [5, 5.41) is 3.87. The van der Waals surface area contributed by atoms with Gasteiger partial charge in [0.05, 0.1) is 24.9 Å². The van der Waals surface area contributed by atoms with Gasteiger partial charge in [0, 0.05) is 48.6 Å². The third-order valence-corrected chi connectivity index (χ3v) is 6.45. The largest absolute Gasteiger partial charge is 0.496 e. The lowest BCUT2D eigenvalue weighted by atomic mass is 9.99. The summed E-state index contributed by atoms with van der Waals surface area (Å²) in [6.07, 6.45) is 3.71. The molecule has 0 atom stereocenters. The molecule has 2 amide bonds. The Hall–Kier alpha value is -4.17. The zero-order valence-corrected chi connectivity index (χ0v) is 22.0. The second-order valence-electron chi connectivity index (χ2n) is 8.99. The molecule has 8 nitrogen and oxygen atoms in total. The topological polar surface area (TPSA) is 90.6 Å². The molecule has 192 valence electrons. The van der Waals surface area contributed by atoms with E-state index in [2.05, 4.69) is 21.4 Å². The van der Waals surface area contributed by atoms with E-state index >= 15 is 0 Å². The van der Waals surface area contributed by atoms with Crippen molar-refractivity contribution in [1.82, 2.24) is 19.8 Å².